The van der Waals surface area contributed by atoms with E-state index in [9.17, 15) is 4.79 Å². The van der Waals surface area contributed by atoms with Gasteiger partial charge < -0.3 is 10.3 Å². The van der Waals surface area contributed by atoms with Gasteiger partial charge in [-0.2, -0.15) is 0 Å². The Hall–Kier alpha value is -3.56. The number of nitrogens with two attached hydrogens (primary N) is 1. The molecule has 5 rings (SSSR count). The second kappa shape index (κ2) is 8.18. The van der Waals surface area contributed by atoms with Crippen molar-refractivity contribution in [1.29, 1.82) is 0 Å². The molecule has 0 aliphatic rings. The quantitative estimate of drug-likeness (QED) is 0.329. The van der Waals surface area contributed by atoms with E-state index in [-0.39, 0.29) is 0 Å². The molecule has 0 aliphatic carbocycles. The highest BCUT2D eigenvalue weighted by atomic mass is 35.5. The van der Waals surface area contributed by atoms with E-state index < -0.39 is 5.91 Å². The molecule has 0 spiro atoms. The van der Waals surface area contributed by atoms with Crippen LogP contribution in [0.25, 0.3) is 32.9 Å². The normalized spacial score (nSPS) is 11.3. The SMILES string of the molecule is CCc1ccccc1Cn1c2cc(-c3ccc(Cl)cc3)c[c]c2c2c(C(N)=O)cccc21. The number of aromatic nitrogens is 1. The summed E-state index contributed by atoms with van der Waals surface area (Å²) in [6, 6.07) is 29.6. The summed E-state index contributed by atoms with van der Waals surface area (Å²) in [4.78, 5) is 12.2. The van der Waals surface area contributed by atoms with E-state index in [4.69, 9.17) is 17.3 Å². The summed E-state index contributed by atoms with van der Waals surface area (Å²) in [6.07, 6.45) is 0.960. The van der Waals surface area contributed by atoms with Gasteiger partial charge in [0.15, 0.2) is 0 Å². The predicted molar refractivity (Wildman–Crippen MR) is 132 cm³/mol. The molecular formula is C28H22ClN2O. The Labute approximate surface area is 192 Å². The Balaban J connectivity index is 1.80. The highest BCUT2D eigenvalue weighted by Gasteiger charge is 2.18. The molecule has 1 aromatic heterocycles. The number of rotatable bonds is 5. The second-order valence-electron chi connectivity index (χ2n) is 7.93. The lowest BCUT2D eigenvalue weighted by molar-refractivity contribution is 0.100. The first-order valence-corrected chi connectivity index (χ1v) is 11.0. The predicted octanol–water partition coefficient (Wildman–Crippen LogP) is 6.62. The van der Waals surface area contributed by atoms with Crippen LogP contribution in [0, 0.1) is 6.07 Å². The molecule has 0 fully saturated rings. The lowest BCUT2D eigenvalue weighted by Gasteiger charge is -2.12. The molecule has 4 heteroatoms. The highest BCUT2D eigenvalue weighted by Crippen LogP contribution is 2.35. The number of fused-ring (bicyclic) bond motifs is 3. The number of hydrogen-bond acceptors (Lipinski definition) is 1. The van der Waals surface area contributed by atoms with E-state index in [1.54, 1.807) is 6.07 Å². The molecule has 2 N–H and O–H groups in total. The van der Waals surface area contributed by atoms with Crippen molar-refractivity contribution < 1.29 is 4.79 Å². The van der Waals surface area contributed by atoms with Gasteiger partial charge in [-0.1, -0.05) is 61.0 Å². The van der Waals surface area contributed by atoms with Crippen LogP contribution in [0.1, 0.15) is 28.4 Å². The number of halogens is 1. The van der Waals surface area contributed by atoms with Crippen molar-refractivity contribution in [2.24, 2.45) is 5.73 Å². The standard InChI is InChI=1S/C28H22ClN2O/c1-2-18-6-3-4-7-21(18)17-31-25-9-5-8-24(28(30)32)27(25)23-15-12-20(16-26(23)31)19-10-13-22(29)14-11-19/h3-14,16H,2,17H2,1H3,(H2,30,32). The molecule has 0 aliphatic heterocycles. The Bertz CT molecular complexity index is 1460. The number of benzene rings is 4. The van der Waals surface area contributed by atoms with Crippen molar-refractivity contribution in [3.05, 3.63) is 107 Å². The summed E-state index contributed by atoms with van der Waals surface area (Å²) in [5.41, 5.74) is 12.9. The van der Waals surface area contributed by atoms with Gasteiger partial charge in [0.05, 0.1) is 11.0 Å². The minimum Gasteiger partial charge on any atom is -0.366 e. The maximum absolute atomic E-state index is 12.2. The average molecular weight is 438 g/mol. The second-order valence-corrected chi connectivity index (χ2v) is 8.36. The van der Waals surface area contributed by atoms with Crippen molar-refractivity contribution in [1.82, 2.24) is 4.57 Å². The summed E-state index contributed by atoms with van der Waals surface area (Å²) in [5.74, 6) is -0.432. The average Bonchev–Trinajstić information content (AvgIpc) is 3.13. The largest absolute Gasteiger partial charge is 0.366 e. The molecule has 157 valence electrons. The Kier molecular flexibility index (Phi) is 5.20. The van der Waals surface area contributed by atoms with Crippen LogP contribution in [0.5, 0.6) is 0 Å². The summed E-state index contributed by atoms with van der Waals surface area (Å²) in [5, 5.41) is 2.46. The van der Waals surface area contributed by atoms with Crippen LogP contribution in [0.2, 0.25) is 5.02 Å². The van der Waals surface area contributed by atoms with Crippen molar-refractivity contribution in [2.75, 3.05) is 0 Å². The van der Waals surface area contributed by atoms with Crippen molar-refractivity contribution >= 4 is 39.3 Å². The lowest BCUT2D eigenvalue weighted by Crippen LogP contribution is -2.11. The molecule has 32 heavy (non-hydrogen) atoms. The number of amides is 1. The first kappa shape index (κ1) is 20.3. The monoisotopic (exact) mass is 437 g/mol. The summed E-state index contributed by atoms with van der Waals surface area (Å²) in [7, 11) is 0. The topological polar surface area (TPSA) is 48.0 Å². The van der Waals surface area contributed by atoms with E-state index in [1.165, 1.54) is 11.1 Å². The maximum atomic E-state index is 12.2. The van der Waals surface area contributed by atoms with Crippen molar-refractivity contribution in [2.45, 2.75) is 19.9 Å². The molecular weight excluding hydrogens is 416 g/mol. The van der Waals surface area contributed by atoms with Gasteiger partial charge in [0.25, 0.3) is 0 Å². The first-order valence-electron chi connectivity index (χ1n) is 10.7. The number of carbonyl (C=O) groups is 1. The van der Waals surface area contributed by atoms with Gasteiger partial charge >= 0.3 is 0 Å². The number of carbonyl (C=O) groups excluding carboxylic acids is 1. The third kappa shape index (κ3) is 3.45. The highest BCUT2D eigenvalue weighted by molar-refractivity contribution is 6.30. The smallest absolute Gasteiger partial charge is 0.249 e. The summed E-state index contributed by atoms with van der Waals surface area (Å²) in [6.45, 7) is 2.87. The minimum absolute atomic E-state index is 0.432. The maximum Gasteiger partial charge on any atom is 0.249 e. The van der Waals surface area contributed by atoms with E-state index in [0.29, 0.717) is 17.1 Å². The molecule has 5 aromatic rings. The van der Waals surface area contributed by atoms with Gasteiger partial charge in [0, 0.05) is 27.9 Å². The molecule has 0 saturated carbocycles. The van der Waals surface area contributed by atoms with Crippen molar-refractivity contribution in [3.8, 4) is 11.1 Å². The number of hydrogen-bond donors (Lipinski definition) is 1. The van der Waals surface area contributed by atoms with E-state index in [1.807, 2.05) is 42.5 Å². The zero-order valence-corrected chi connectivity index (χ0v) is 18.5. The molecule has 3 nitrogen and oxygen atoms in total. The van der Waals surface area contributed by atoms with Gasteiger partial charge in [-0.15, -0.1) is 0 Å². The van der Waals surface area contributed by atoms with Crippen LogP contribution in [0.3, 0.4) is 0 Å². The van der Waals surface area contributed by atoms with Crippen LogP contribution in [0.4, 0.5) is 0 Å². The van der Waals surface area contributed by atoms with E-state index in [0.717, 1.165) is 39.4 Å². The molecule has 1 radical (unpaired) electrons. The molecule has 1 heterocycles. The Morgan fingerprint density at radius 2 is 1.69 bits per heavy atom. The fourth-order valence-electron chi connectivity index (χ4n) is 4.47. The van der Waals surface area contributed by atoms with Crippen LogP contribution in [-0.4, -0.2) is 10.5 Å². The zero-order valence-electron chi connectivity index (χ0n) is 17.7. The minimum atomic E-state index is -0.432. The molecule has 0 bridgehead atoms. The first-order chi connectivity index (χ1) is 15.6. The number of nitrogens with zero attached hydrogens (tertiary/aromatic N) is 1. The van der Waals surface area contributed by atoms with Gasteiger partial charge in [-0.25, -0.2) is 0 Å². The third-order valence-electron chi connectivity index (χ3n) is 6.07. The Morgan fingerprint density at radius 3 is 2.41 bits per heavy atom. The van der Waals surface area contributed by atoms with Crippen LogP contribution >= 0.6 is 11.6 Å². The van der Waals surface area contributed by atoms with Crippen LogP contribution in [-0.2, 0) is 13.0 Å². The van der Waals surface area contributed by atoms with Crippen LogP contribution < -0.4 is 5.73 Å². The van der Waals surface area contributed by atoms with Gasteiger partial charge in [-0.05, 0) is 71.1 Å². The van der Waals surface area contributed by atoms with E-state index in [2.05, 4.69) is 47.9 Å². The van der Waals surface area contributed by atoms with Crippen molar-refractivity contribution in [3.63, 3.8) is 0 Å². The zero-order chi connectivity index (χ0) is 22.2. The van der Waals surface area contributed by atoms with Gasteiger partial charge in [-0.3, -0.25) is 4.79 Å². The molecule has 0 saturated heterocycles. The summed E-state index contributed by atoms with van der Waals surface area (Å²) >= 11 is 6.08. The molecule has 1 amide bonds. The molecule has 0 atom stereocenters. The molecule has 0 unspecified atom stereocenters. The van der Waals surface area contributed by atoms with Crippen LogP contribution in [0.15, 0.2) is 78.9 Å². The molecule has 4 aromatic carbocycles. The summed E-state index contributed by atoms with van der Waals surface area (Å²) < 4.78 is 2.27. The Morgan fingerprint density at radius 1 is 0.938 bits per heavy atom. The number of aryl methyl sites for hydroxylation is 1. The van der Waals surface area contributed by atoms with Gasteiger partial charge in [0.1, 0.15) is 0 Å². The fraction of sp³-hybridized carbons (Fsp3) is 0.107. The fourth-order valence-corrected chi connectivity index (χ4v) is 4.59. The van der Waals surface area contributed by atoms with E-state index >= 15 is 0 Å². The third-order valence-corrected chi connectivity index (χ3v) is 6.32. The number of primary amides is 1. The lowest BCUT2D eigenvalue weighted by atomic mass is 10.0. The van der Waals surface area contributed by atoms with Gasteiger partial charge in [0.2, 0.25) is 5.91 Å².